The van der Waals surface area contributed by atoms with Crippen molar-refractivity contribution in [2.24, 2.45) is 5.92 Å². The van der Waals surface area contributed by atoms with Gasteiger partial charge in [-0.15, -0.1) is 0 Å². The number of carbonyl (C=O) groups excluding carboxylic acids is 1. The van der Waals surface area contributed by atoms with E-state index in [0.29, 0.717) is 11.8 Å². The molecule has 1 saturated heterocycles. The molecule has 2 fully saturated rings. The first kappa shape index (κ1) is 13.5. The Morgan fingerprint density at radius 1 is 1.26 bits per heavy atom. The number of carbonyl (C=O) groups is 1. The van der Waals surface area contributed by atoms with Crippen LogP contribution in [0, 0.1) is 5.92 Å². The average Bonchev–Trinajstić information content (AvgIpc) is 3.22. The van der Waals surface area contributed by atoms with E-state index in [9.17, 15) is 4.79 Å². The zero-order valence-electron chi connectivity index (χ0n) is 10.8. The molecule has 2 nitrogen and oxygen atoms in total. The number of amides is 1. The summed E-state index contributed by atoms with van der Waals surface area (Å²) in [5.74, 6) is 3.32. The normalized spacial score (nSPS) is 26.9. The first-order valence-electron chi connectivity index (χ1n) is 6.88. The largest absolute Gasteiger partial charge is 0.342 e. The first-order chi connectivity index (χ1) is 9.27. The van der Waals surface area contributed by atoms with Crippen molar-refractivity contribution in [2.75, 3.05) is 24.6 Å². The van der Waals surface area contributed by atoms with Crippen molar-refractivity contribution in [3.8, 4) is 0 Å². The lowest BCUT2D eigenvalue weighted by atomic mass is 10.1. The number of hydrogen-bond acceptors (Lipinski definition) is 2. The van der Waals surface area contributed by atoms with Gasteiger partial charge in [-0.25, -0.2) is 0 Å². The maximum atomic E-state index is 12.5. The van der Waals surface area contributed by atoms with Gasteiger partial charge in [-0.3, -0.25) is 4.79 Å². The lowest BCUT2D eigenvalue weighted by Gasteiger charge is -2.20. The van der Waals surface area contributed by atoms with Crippen LogP contribution in [-0.2, 0) is 4.79 Å². The second-order valence-electron chi connectivity index (χ2n) is 5.26. The van der Waals surface area contributed by atoms with Gasteiger partial charge in [0.15, 0.2) is 0 Å². The monoisotopic (exact) mass is 339 g/mol. The molecular formula is C15H18BrNOS. The van der Waals surface area contributed by atoms with Gasteiger partial charge < -0.3 is 4.90 Å². The molecule has 0 unspecified atom stereocenters. The highest BCUT2D eigenvalue weighted by molar-refractivity contribution is 9.10. The molecule has 4 heteroatoms. The molecule has 2 atom stereocenters. The topological polar surface area (TPSA) is 20.3 Å². The maximum absolute atomic E-state index is 12.5. The summed E-state index contributed by atoms with van der Waals surface area (Å²) in [5, 5.41) is 0. The third-order valence-corrected chi connectivity index (χ3v) is 5.72. The number of thioether (sulfide) groups is 1. The lowest BCUT2D eigenvalue weighted by Crippen LogP contribution is -2.34. The van der Waals surface area contributed by atoms with Crippen LogP contribution in [0.4, 0.5) is 0 Å². The molecule has 0 aromatic heterocycles. The van der Waals surface area contributed by atoms with Crippen LogP contribution in [0.15, 0.2) is 28.7 Å². The Kier molecular flexibility index (Phi) is 4.18. The van der Waals surface area contributed by atoms with Gasteiger partial charge in [0.05, 0.1) is 0 Å². The quantitative estimate of drug-likeness (QED) is 0.821. The van der Waals surface area contributed by atoms with Crippen molar-refractivity contribution in [2.45, 2.75) is 18.8 Å². The fourth-order valence-corrected chi connectivity index (χ4v) is 4.25. The smallest absolute Gasteiger partial charge is 0.226 e. The molecule has 0 N–H and O–H groups in total. The summed E-state index contributed by atoms with van der Waals surface area (Å²) in [7, 11) is 0. The van der Waals surface area contributed by atoms with E-state index >= 15 is 0 Å². The summed E-state index contributed by atoms with van der Waals surface area (Å²) in [6.07, 6.45) is 2.16. The highest BCUT2D eigenvalue weighted by Crippen LogP contribution is 2.50. The van der Waals surface area contributed by atoms with Crippen molar-refractivity contribution in [1.82, 2.24) is 4.90 Å². The molecule has 1 heterocycles. The van der Waals surface area contributed by atoms with Crippen molar-refractivity contribution < 1.29 is 4.79 Å². The number of nitrogens with zero attached hydrogens (tertiary/aromatic N) is 1. The van der Waals surface area contributed by atoms with E-state index < -0.39 is 0 Å². The van der Waals surface area contributed by atoms with Gasteiger partial charge in [0, 0.05) is 29.2 Å². The first-order valence-corrected chi connectivity index (χ1v) is 8.83. The molecule has 1 aliphatic carbocycles. The highest BCUT2D eigenvalue weighted by Gasteiger charge is 2.46. The summed E-state index contributed by atoms with van der Waals surface area (Å²) >= 11 is 5.56. The molecule has 1 aliphatic heterocycles. The summed E-state index contributed by atoms with van der Waals surface area (Å²) in [6, 6.07) is 8.29. The van der Waals surface area contributed by atoms with Gasteiger partial charge in [-0.05, 0) is 36.1 Å². The highest BCUT2D eigenvalue weighted by atomic mass is 79.9. The summed E-state index contributed by atoms with van der Waals surface area (Å²) in [5.41, 5.74) is 1.30. The number of halogens is 1. The Morgan fingerprint density at radius 3 is 2.95 bits per heavy atom. The molecule has 1 aromatic carbocycles. The molecule has 1 saturated carbocycles. The molecule has 1 amide bonds. The molecule has 0 bridgehead atoms. The summed E-state index contributed by atoms with van der Waals surface area (Å²) < 4.78 is 1.14. The van der Waals surface area contributed by atoms with Crippen LogP contribution in [0.25, 0.3) is 0 Å². The SMILES string of the molecule is O=C([C@@H]1C[C@@H]1c1ccccc1Br)N1CCCSCC1. The Hall–Kier alpha value is -0.480. The fourth-order valence-electron chi connectivity index (χ4n) is 2.79. The molecule has 3 rings (SSSR count). The minimum Gasteiger partial charge on any atom is -0.342 e. The zero-order chi connectivity index (χ0) is 13.2. The molecule has 1 aromatic rings. The van der Waals surface area contributed by atoms with Gasteiger partial charge in [0.2, 0.25) is 5.91 Å². The number of hydrogen-bond donors (Lipinski definition) is 0. The van der Waals surface area contributed by atoms with Gasteiger partial charge in [0.1, 0.15) is 0 Å². The van der Waals surface area contributed by atoms with Gasteiger partial charge in [0.25, 0.3) is 0 Å². The van der Waals surface area contributed by atoms with Crippen LogP contribution in [-0.4, -0.2) is 35.4 Å². The van der Waals surface area contributed by atoms with E-state index in [0.717, 1.165) is 36.2 Å². The Labute approximate surface area is 127 Å². The van der Waals surface area contributed by atoms with E-state index in [-0.39, 0.29) is 5.92 Å². The number of benzene rings is 1. The molecule has 19 heavy (non-hydrogen) atoms. The summed E-state index contributed by atoms with van der Waals surface area (Å²) in [4.78, 5) is 14.6. The van der Waals surface area contributed by atoms with Crippen molar-refractivity contribution in [3.05, 3.63) is 34.3 Å². The van der Waals surface area contributed by atoms with Crippen LogP contribution >= 0.6 is 27.7 Å². The summed E-state index contributed by atoms with van der Waals surface area (Å²) in [6.45, 7) is 1.88. The molecule has 102 valence electrons. The Bertz CT molecular complexity index is 471. The van der Waals surface area contributed by atoms with E-state index in [1.165, 1.54) is 11.3 Å². The fraction of sp³-hybridized carbons (Fsp3) is 0.533. The molecule has 2 aliphatic rings. The van der Waals surface area contributed by atoms with Gasteiger partial charge in [-0.1, -0.05) is 34.1 Å². The van der Waals surface area contributed by atoms with Crippen molar-refractivity contribution in [3.63, 3.8) is 0 Å². The molecule has 0 spiro atoms. The Balaban J connectivity index is 1.66. The molecule has 0 radical (unpaired) electrons. The predicted molar refractivity (Wildman–Crippen MR) is 83.5 cm³/mol. The maximum Gasteiger partial charge on any atom is 0.226 e. The minimum atomic E-state index is 0.224. The predicted octanol–water partition coefficient (Wildman–Crippen LogP) is 3.52. The van der Waals surface area contributed by atoms with Crippen LogP contribution in [0.1, 0.15) is 24.3 Å². The van der Waals surface area contributed by atoms with Crippen LogP contribution in [0.2, 0.25) is 0 Å². The van der Waals surface area contributed by atoms with E-state index in [4.69, 9.17) is 0 Å². The van der Waals surface area contributed by atoms with Crippen molar-refractivity contribution >= 4 is 33.6 Å². The van der Waals surface area contributed by atoms with Gasteiger partial charge in [-0.2, -0.15) is 11.8 Å². The van der Waals surface area contributed by atoms with Crippen LogP contribution in [0.3, 0.4) is 0 Å². The van der Waals surface area contributed by atoms with E-state index in [1.807, 2.05) is 17.8 Å². The zero-order valence-corrected chi connectivity index (χ0v) is 13.3. The number of rotatable bonds is 2. The third kappa shape index (κ3) is 3.00. The van der Waals surface area contributed by atoms with Crippen LogP contribution < -0.4 is 0 Å². The third-order valence-electron chi connectivity index (χ3n) is 3.95. The van der Waals surface area contributed by atoms with Crippen LogP contribution in [0.5, 0.6) is 0 Å². The van der Waals surface area contributed by atoms with Gasteiger partial charge >= 0.3 is 0 Å². The lowest BCUT2D eigenvalue weighted by molar-refractivity contribution is -0.132. The van der Waals surface area contributed by atoms with Crippen molar-refractivity contribution in [1.29, 1.82) is 0 Å². The Morgan fingerprint density at radius 2 is 2.11 bits per heavy atom. The second kappa shape index (κ2) is 5.88. The van der Waals surface area contributed by atoms with E-state index in [1.54, 1.807) is 0 Å². The standard InChI is InChI=1S/C15H18BrNOS/c16-14-5-2-1-4-11(14)12-10-13(12)15(18)17-6-3-8-19-9-7-17/h1-2,4-5,12-13H,3,6-10H2/t12-,13-/m1/s1. The second-order valence-corrected chi connectivity index (χ2v) is 7.34. The average molecular weight is 340 g/mol. The molecular weight excluding hydrogens is 322 g/mol. The minimum absolute atomic E-state index is 0.224. The van der Waals surface area contributed by atoms with E-state index in [2.05, 4.69) is 39.0 Å².